The molecule has 1 fully saturated rings. The first kappa shape index (κ1) is 15.3. The van der Waals surface area contributed by atoms with Crippen LogP contribution < -0.4 is 5.32 Å². The quantitative estimate of drug-likeness (QED) is 0.857. The molecule has 0 spiro atoms. The second kappa shape index (κ2) is 7.07. The predicted molar refractivity (Wildman–Crippen MR) is 83.2 cm³/mol. The van der Waals surface area contributed by atoms with Gasteiger partial charge in [0.25, 0.3) is 0 Å². The molecule has 1 unspecified atom stereocenters. The Bertz CT molecular complexity index is 428. The molecule has 0 saturated carbocycles. The van der Waals surface area contributed by atoms with Crippen molar-refractivity contribution < 1.29 is 5.11 Å². The van der Waals surface area contributed by atoms with E-state index in [1.54, 1.807) is 0 Å². The Morgan fingerprint density at radius 2 is 1.95 bits per heavy atom. The van der Waals surface area contributed by atoms with E-state index in [0.717, 1.165) is 50.4 Å². The SMILES string of the molecule is Cc1ccc(C(C)NCCN2CCN(C)CC2)c(O)c1. The first-order valence-corrected chi connectivity index (χ1v) is 7.50. The summed E-state index contributed by atoms with van der Waals surface area (Å²) in [5.74, 6) is 0.393. The van der Waals surface area contributed by atoms with Crippen molar-refractivity contribution in [2.24, 2.45) is 0 Å². The largest absolute Gasteiger partial charge is 0.508 e. The fraction of sp³-hybridized carbons (Fsp3) is 0.625. The number of nitrogens with one attached hydrogen (secondary N) is 1. The average Bonchev–Trinajstić information content (AvgIpc) is 2.41. The van der Waals surface area contributed by atoms with E-state index in [0.29, 0.717) is 5.75 Å². The van der Waals surface area contributed by atoms with Crippen molar-refractivity contribution in [3.05, 3.63) is 29.3 Å². The van der Waals surface area contributed by atoms with E-state index in [2.05, 4.69) is 29.1 Å². The highest BCUT2D eigenvalue weighted by Gasteiger charge is 2.14. The number of piperazine rings is 1. The Kier molecular flexibility index (Phi) is 5.40. The lowest BCUT2D eigenvalue weighted by Crippen LogP contribution is -2.46. The molecule has 20 heavy (non-hydrogen) atoms. The molecule has 1 heterocycles. The van der Waals surface area contributed by atoms with E-state index < -0.39 is 0 Å². The Morgan fingerprint density at radius 1 is 1.25 bits per heavy atom. The van der Waals surface area contributed by atoms with Crippen LogP contribution in [0.15, 0.2) is 18.2 Å². The van der Waals surface area contributed by atoms with Crippen LogP contribution in [0.5, 0.6) is 5.75 Å². The summed E-state index contributed by atoms with van der Waals surface area (Å²) in [6.45, 7) is 10.8. The number of aromatic hydroxyl groups is 1. The van der Waals surface area contributed by atoms with Crippen LogP contribution in [-0.4, -0.2) is 61.2 Å². The van der Waals surface area contributed by atoms with Gasteiger partial charge in [-0.3, -0.25) is 4.90 Å². The maximum absolute atomic E-state index is 9.98. The Labute approximate surface area is 122 Å². The molecule has 2 rings (SSSR count). The lowest BCUT2D eigenvalue weighted by molar-refractivity contribution is 0.154. The molecule has 0 aromatic heterocycles. The van der Waals surface area contributed by atoms with Gasteiger partial charge in [0.1, 0.15) is 5.75 Å². The number of rotatable bonds is 5. The molecule has 0 bridgehead atoms. The molecule has 1 aliphatic heterocycles. The van der Waals surface area contributed by atoms with Crippen molar-refractivity contribution in [3.63, 3.8) is 0 Å². The highest BCUT2D eigenvalue weighted by atomic mass is 16.3. The Balaban J connectivity index is 1.76. The number of likely N-dealkylation sites (N-methyl/N-ethyl adjacent to an activating group) is 1. The van der Waals surface area contributed by atoms with Crippen LogP contribution in [0.25, 0.3) is 0 Å². The summed E-state index contributed by atoms with van der Waals surface area (Å²) in [4.78, 5) is 4.87. The van der Waals surface area contributed by atoms with Gasteiger partial charge in [-0.25, -0.2) is 0 Å². The summed E-state index contributed by atoms with van der Waals surface area (Å²) >= 11 is 0. The lowest BCUT2D eigenvalue weighted by Gasteiger charge is -2.32. The molecule has 112 valence electrons. The summed E-state index contributed by atoms with van der Waals surface area (Å²) in [6.07, 6.45) is 0. The minimum atomic E-state index is 0.183. The fourth-order valence-electron chi connectivity index (χ4n) is 2.64. The zero-order chi connectivity index (χ0) is 14.5. The predicted octanol–water partition coefficient (Wildman–Crippen LogP) is 1.60. The molecule has 1 saturated heterocycles. The van der Waals surface area contributed by atoms with Gasteiger partial charge >= 0.3 is 0 Å². The van der Waals surface area contributed by atoms with Crippen LogP contribution in [0.3, 0.4) is 0 Å². The number of hydrogen-bond acceptors (Lipinski definition) is 4. The molecule has 4 heteroatoms. The van der Waals surface area contributed by atoms with Crippen LogP contribution in [0.2, 0.25) is 0 Å². The number of phenols is 1. The molecule has 1 aromatic carbocycles. The smallest absolute Gasteiger partial charge is 0.120 e. The third-order valence-electron chi connectivity index (χ3n) is 4.13. The van der Waals surface area contributed by atoms with E-state index >= 15 is 0 Å². The minimum absolute atomic E-state index is 0.183. The van der Waals surface area contributed by atoms with Crippen LogP contribution in [0.1, 0.15) is 24.1 Å². The number of hydrogen-bond donors (Lipinski definition) is 2. The summed E-state index contributed by atoms with van der Waals surface area (Å²) in [5, 5.41) is 13.5. The third kappa shape index (κ3) is 4.20. The molecular weight excluding hydrogens is 250 g/mol. The number of nitrogens with zero attached hydrogens (tertiary/aromatic N) is 2. The summed E-state index contributed by atoms with van der Waals surface area (Å²) in [5.41, 5.74) is 2.07. The third-order valence-corrected chi connectivity index (χ3v) is 4.13. The van der Waals surface area contributed by atoms with Gasteiger partial charge in [0.05, 0.1) is 0 Å². The van der Waals surface area contributed by atoms with Crippen molar-refractivity contribution >= 4 is 0 Å². The zero-order valence-corrected chi connectivity index (χ0v) is 12.9. The van der Waals surface area contributed by atoms with E-state index in [1.165, 1.54) is 0 Å². The maximum atomic E-state index is 9.98. The number of benzene rings is 1. The molecular formula is C16H27N3O. The molecule has 2 N–H and O–H groups in total. The normalized spacial score (nSPS) is 19.1. The molecule has 1 aliphatic rings. The van der Waals surface area contributed by atoms with E-state index in [9.17, 15) is 5.11 Å². The summed E-state index contributed by atoms with van der Waals surface area (Å²) < 4.78 is 0. The Morgan fingerprint density at radius 3 is 2.60 bits per heavy atom. The summed E-state index contributed by atoms with van der Waals surface area (Å²) in [6, 6.07) is 6.07. The molecule has 1 aromatic rings. The highest BCUT2D eigenvalue weighted by molar-refractivity contribution is 5.37. The van der Waals surface area contributed by atoms with Crippen LogP contribution in [-0.2, 0) is 0 Å². The van der Waals surface area contributed by atoms with Crippen LogP contribution in [0, 0.1) is 6.92 Å². The van der Waals surface area contributed by atoms with Crippen molar-refractivity contribution in [1.82, 2.24) is 15.1 Å². The lowest BCUT2D eigenvalue weighted by atomic mass is 10.1. The van der Waals surface area contributed by atoms with Gasteiger partial charge in [-0.15, -0.1) is 0 Å². The van der Waals surface area contributed by atoms with Crippen LogP contribution in [0.4, 0.5) is 0 Å². The first-order valence-electron chi connectivity index (χ1n) is 7.50. The molecule has 0 amide bonds. The maximum Gasteiger partial charge on any atom is 0.120 e. The zero-order valence-electron chi connectivity index (χ0n) is 12.9. The summed E-state index contributed by atoms with van der Waals surface area (Å²) in [7, 11) is 2.18. The monoisotopic (exact) mass is 277 g/mol. The van der Waals surface area contributed by atoms with Gasteiger partial charge in [0.15, 0.2) is 0 Å². The van der Waals surface area contributed by atoms with Crippen LogP contribution >= 0.6 is 0 Å². The van der Waals surface area contributed by atoms with Gasteiger partial charge in [0, 0.05) is 50.9 Å². The molecule has 1 atom stereocenters. The van der Waals surface area contributed by atoms with Crippen molar-refractivity contribution in [2.75, 3.05) is 46.3 Å². The average molecular weight is 277 g/mol. The topological polar surface area (TPSA) is 38.7 Å². The standard InChI is InChI=1S/C16H27N3O/c1-13-4-5-15(16(20)12-13)14(2)17-6-7-19-10-8-18(3)9-11-19/h4-5,12,14,17,20H,6-11H2,1-3H3. The molecule has 0 aliphatic carbocycles. The number of aryl methyl sites for hydroxylation is 1. The van der Waals surface area contributed by atoms with Crippen molar-refractivity contribution in [2.45, 2.75) is 19.9 Å². The minimum Gasteiger partial charge on any atom is -0.508 e. The van der Waals surface area contributed by atoms with E-state index in [-0.39, 0.29) is 6.04 Å². The second-order valence-electron chi connectivity index (χ2n) is 5.88. The van der Waals surface area contributed by atoms with Gasteiger partial charge in [-0.05, 0) is 32.5 Å². The van der Waals surface area contributed by atoms with E-state index in [1.807, 2.05) is 25.1 Å². The van der Waals surface area contributed by atoms with E-state index in [4.69, 9.17) is 0 Å². The highest BCUT2D eigenvalue weighted by Crippen LogP contribution is 2.24. The van der Waals surface area contributed by atoms with Gasteiger partial charge in [0.2, 0.25) is 0 Å². The van der Waals surface area contributed by atoms with Crippen molar-refractivity contribution in [1.29, 1.82) is 0 Å². The van der Waals surface area contributed by atoms with Crippen molar-refractivity contribution in [3.8, 4) is 5.75 Å². The van der Waals surface area contributed by atoms with Gasteiger partial charge in [-0.1, -0.05) is 12.1 Å². The second-order valence-corrected chi connectivity index (χ2v) is 5.88. The Hall–Kier alpha value is -1.10. The molecule has 4 nitrogen and oxygen atoms in total. The van der Waals surface area contributed by atoms with Gasteiger partial charge in [-0.2, -0.15) is 0 Å². The number of phenolic OH excluding ortho intramolecular Hbond substituents is 1. The first-order chi connectivity index (χ1) is 9.56. The molecule has 0 radical (unpaired) electrons. The van der Waals surface area contributed by atoms with Gasteiger partial charge < -0.3 is 15.3 Å². The fourth-order valence-corrected chi connectivity index (χ4v) is 2.64.